The van der Waals surface area contributed by atoms with Crippen molar-refractivity contribution in [3.63, 3.8) is 0 Å². The molecule has 0 atom stereocenters. The van der Waals surface area contributed by atoms with Crippen LogP contribution >= 0.6 is 11.8 Å². The Kier molecular flexibility index (Phi) is 7.33. The molecule has 4 aromatic rings. The highest BCUT2D eigenvalue weighted by atomic mass is 32.2. The number of amides is 1. The molecular formula is C27H28N4O2S. The summed E-state index contributed by atoms with van der Waals surface area (Å²) >= 11 is 1.36. The zero-order chi connectivity index (χ0) is 24.1. The Morgan fingerprint density at radius 3 is 2.41 bits per heavy atom. The third kappa shape index (κ3) is 5.15. The molecule has 0 saturated carbocycles. The molecule has 0 aliphatic rings. The molecular weight excluding hydrogens is 444 g/mol. The number of nitrogens with zero attached hydrogens (tertiary/aromatic N) is 3. The zero-order valence-electron chi connectivity index (χ0n) is 19.8. The van der Waals surface area contributed by atoms with Crippen LogP contribution in [0, 0.1) is 6.92 Å². The van der Waals surface area contributed by atoms with Gasteiger partial charge in [0.2, 0.25) is 5.91 Å². The summed E-state index contributed by atoms with van der Waals surface area (Å²) in [7, 11) is 1.64. The van der Waals surface area contributed by atoms with Crippen molar-refractivity contribution in [2.75, 3.05) is 18.2 Å². The number of para-hydroxylation sites is 1. The van der Waals surface area contributed by atoms with Crippen LogP contribution in [0.25, 0.3) is 17.1 Å². The third-order valence-corrected chi connectivity index (χ3v) is 6.45. The first kappa shape index (κ1) is 23.6. The highest BCUT2D eigenvalue weighted by Crippen LogP contribution is 2.30. The topological polar surface area (TPSA) is 69.0 Å². The van der Waals surface area contributed by atoms with Crippen LogP contribution in [0.1, 0.15) is 30.9 Å². The predicted molar refractivity (Wildman–Crippen MR) is 138 cm³/mol. The Morgan fingerprint density at radius 2 is 1.74 bits per heavy atom. The molecule has 0 aliphatic heterocycles. The number of methoxy groups -OCH3 is 1. The normalized spacial score (nSPS) is 11.0. The molecule has 34 heavy (non-hydrogen) atoms. The molecule has 0 unspecified atom stereocenters. The molecule has 7 heteroatoms. The smallest absolute Gasteiger partial charge is 0.234 e. The number of aromatic nitrogens is 3. The van der Waals surface area contributed by atoms with Gasteiger partial charge in [-0.1, -0.05) is 74.1 Å². The molecule has 0 spiro atoms. The standard InChI is InChI=1S/C27H28N4O2S/c1-18(2)23-12-8-9-19(3)25(23)28-24(32)17-34-27-30-29-26(20-10-6-5-7-11-20)31(27)21-13-15-22(33-4)16-14-21/h5-16,18H,17H2,1-4H3,(H,28,32). The molecule has 0 aliphatic carbocycles. The van der Waals surface area contributed by atoms with Crippen molar-refractivity contribution in [3.8, 4) is 22.8 Å². The third-order valence-electron chi connectivity index (χ3n) is 5.52. The summed E-state index contributed by atoms with van der Waals surface area (Å²) in [4.78, 5) is 12.9. The van der Waals surface area contributed by atoms with E-state index < -0.39 is 0 Å². The van der Waals surface area contributed by atoms with E-state index in [2.05, 4.69) is 35.4 Å². The molecule has 4 rings (SSSR count). The molecule has 1 N–H and O–H groups in total. The van der Waals surface area contributed by atoms with E-state index in [0.29, 0.717) is 11.1 Å². The van der Waals surface area contributed by atoms with Crippen molar-refractivity contribution >= 4 is 23.4 Å². The first-order valence-corrected chi connectivity index (χ1v) is 12.1. The van der Waals surface area contributed by atoms with Crippen LogP contribution < -0.4 is 10.1 Å². The lowest BCUT2D eigenvalue weighted by Crippen LogP contribution is -2.17. The molecule has 1 amide bonds. The van der Waals surface area contributed by atoms with E-state index in [1.807, 2.05) is 78.2 Å². The van der Waals surface area contributed by atoms with Gasteiger partial charge in [-0.3, -0.25) is 9.36 Å². The Bertz CT molecular complexity index is 1270. The van der Waals surface area contributed by atoms with Crippen molar-refractivity contribution in [2.24, 2.45) is 0 Å². The second-order valence-electron chi connectivity index (χ2n) is 8.24. The van der Waals surface area contributed by atoms with Gasteiger partial charge in [0.1, 0.15) is 5.75 Å². The van der Waals surface area contributed by atoms with E-state index in [0.717, 1.165) is 39.6 Å². The van der Waals surface area contributed by atoms with E-state index in [1.165, 1.54) is 11.8 Å². The van der Waals surface area contributed by atoms with E-state index in [-0.39, 0.29) is 11.7 Å². The molecule has 0 saturated heterocycles. The Labute approximate surface area is 204 Å². The maximum atomic E-state index is 12.9. The van der Waals surface area contributed by atoms with Gasteiger partial charge in [0.15, 0.2) is 11.0 Å². The van der Waals surface area contributed by atoms with Crippen molar-refractivity contribution in [1.82, 2.24) is 14.8 Å². The molecule has 0 bridgehead atoms. The number of carbonyl (C=O) groups is 1. The Morgan fingerprint density at radius 1 is 1.00 bits per heavy atom. The molecule has 3 aromatic carbocycles. The lowest BCUT2D eigenvalue weighted by Gasteiger charge is -2.16. The van der Waals surface area contributed by atoms with E-state index in [4.69, 9.17) is 4.74 Å². The van der Waals surface area contributed by atoms with Crippen LogP contribution in [0.5, 0.6) is 5.75 Å². The zero-order valence-corrected chi connectivity index (χ0v) is 20.6. The number of anilines is 1. The lowest BCUT2D eigenvalue weighted by atomic mass is 9.98. The summed E-state index contributed by atoms with van der Waals surface area (Å²) in [6.45, 7) is 6.27. The van der Waals surface area contributed by atoms with Crippen LogP contribution in [-0.4, -0.2) is 33.5 Å². The minimum atomic E-state index is -0.0771. The van der Waals surface area contributed by atoms with Gasteiger partial charge in [0.25, 0.3) is 0 Å². The first-order valence-electron chi connectivity index (χ1n) is 11.2. The van der Waals surface area contributed by atoms with Gasteiger partial charge in [-0.2, -0.15) is 0 Å². The molecule has 1 aromatic heterocycles. The second-order valence-corrected chi connectivity index (χ2v) is 9.18. The monoisotopic (exact) mass is 472 g/mol. The number of nitrogens with one attached hydrogen (secondary N) is 1. The Balaban J connectivity index is 1.60. The second kappa shape index (κ2) is 10.6. The van der Waals surface area contributed by atoms with E-state index in [9.17, 15) is 4.79 Å². The van der Waals surface area contributed by atoms with Crippen LogP contribution in [0.4, 0.5) is 5.69 Å². The van der Waals surface area contributed by atoms with Crippen molar-refractivity contribution in [2.45, 2.75) is 31.8 Å². The molecule has 0 fully saturated rings. The van der Waals surface area contributed by atoms with Gasteiger partial charge < -0.3 is 10.1 Å². The fraction of sp³-hybridized carbons (Fsp3) is 0.222. The number of hydrogen-bond donors (Lipinski definition) is 1. The van der Waals surface area contributed by atoms with E-state index in [1.54, 1.807) is 7.11 Å². The summed E-state index contributed by atoms with van der Waals surface area (Å²) in [6.07, 6.45) is 0. The maximum absolute atomic E-state index is 12.9. The van der Waals surface area contributed by atoms with Gasteiger partial charge in [-0.25, -0.2) is 0 Å². The summed E-state index contributed by atoms with van der Waals surface area (Å²) in [6, 6.07) is 23.7. The highest BCUT2D eigenvalue weighted by molar-refractivity contribution is 7.99. The van der Waals surface area contributed by atoms with Gasteiger partial charge in [0, 0.05) is 16.9 Å². The number of carbonyl (C=O) groups excluding carboxylic acids is 1. The highest BCUT2D eigenvalue weighted by Gasteiger charge is 2.18. The number of ether oxygens (including phenoxy) is 1. The number of aryl methyl sites for hydroxylation is 1. The van der Waals surface area contributed by atoms with Crippen LogP contribution in [0.15, 0.2) is 78.0 Å². The number of rotatable bonds is 8. The predicted octanol–water partition coefficient (Wildman–Crippen LogP) is 6.11. The number of thioether (sulfide) groups is 1. The van der Waals surface area contributed by atoms with Crippen molar-refractivity contribution in [1.29, 1.82) is 0 Å². The number of hydrogen-bond acceptors (Lipinski definition) is 5. The SMILES string of the molecule is COc1ccc(-n2c(SCC(=O)Nc3c(C)cccc3C(C)C)nnc2-c2ccccc2)cc1. The van der Waals surface area contributed by atoms with Crippen molar-refractivity contribution < 1.29 is 9.53 Å². The van der Waals surface area contributed by atoms with Gasteiger partial charge in [-0.15, -0.1) is 10.2 Å². The Hall–Kier alpha value is -3.58. The summed E-state index contributed by atoms with van der Waals surface area (Å²) in [5, 5.41) is 12.6. The average molecular weight is 473 g/mol. The van der Waals surface area contributed by atoms with Crippen LogP contribution in [-0.2, 0) is 4.79 Å². The fourth-order valence-electron chi connectivity index (χ4n) is 3.75. The minimum Gasteiger partial charge on any atom is -0.497 e. The maximum Gasteiger partial charge on any atom is 0.234 e. The quantitative estimate of drug-likeness (QED) is 0.314. The average Bonchev–Trinajstić information content (AvgIpc) is 3.28. The number of benzene rings is 3. The van der Waals surface area contributed by atoms with E-state index >= 15 is 0 Å². The minimum absolute atomic E-state index is 0.0771. The van der Waals surface area contributed by atoms with Crippen molar-refractivity contribution in [3.05, 3.63) is 83.9 Å². The van der Waals surface area contributed by atoms with Gasteiger partial charge >= 0.3 is 0 Å². The van der Waals surface area contributed by atoms with Crippen LogP contribution in [0.2, 0.25) is 0 Å². The van der Waals surface area contributed by atoms with Gasteiger partial charge in [0.05, 0.1) is 12.9 Å². The fourth-order valence-corrected chi connectivity index (χ4v) is 4.50. The summed E-state index contributed by atoms with van der Waals surface area (Å²) in [5.41, 5.74) is 4.92. The first-order chi connectivity index (χ1) is 16.5. The molecule has 6 nitrogen and oxygen atoms in total. The molecule has 0 radical (unpaired) electrons. The summed E-state index contributed by atoms with van der Waals surface area (Å²) in [5.74, 6) is 1.94. The largest absolute Gasteiger partial charge is 0.497 e. The lowest BCUT2D eigenvalue weighted by molar-refractivity contribution is -0.113. The molecule has 174 valence electrons. The molecule has 1 heterocycles. The van der Waals surface area contributed by atoms with Crippen LogP contribution in [0.3, 0.4) is 0 Å². The van der Waals surface area contributed by atoms with Gasteiger partial charge in [-0.05, 0) is 48.2 Å². The summed E-state index contributed by atoms with van der Waals surface area (Å²) < 4.78 is 7.28.